The molecule has 0 amide bonds. The standard InChI is InChI=1S/C26H33F2N5O/c1-17(14-34-2)32-18-3-5-19(6-4-18)33-25-12-22(24(28)13-30-25)21-11-20(7-8-23(21)27)31-16-26(15-29)9-10-26/h7-8,11-13,17-19,31-32H,3-6,9-10,14,16H2,1-2H3,(H,30,33)/t17-,18-,19-/m0/s1. The fourth-order valence-corrected chi connectivity index (χ4v) is 4.63. The Bertz CT molecular complexity index is 1030. The second kappa shape index (κ2) is 10.7. The fraction of sp³-hybridized carbons (Fsp3) is 0.538. The number of nitriles is 1. The Kier molecular flexibility index (Phi) is 7.64. The van der Waals surface area contributed by atoms with Crippen LogP contribution in [0.2, 0.25) is 0 Å². The first kappa shape index (κ1) is 24.4. The number of benzene rings is 1. The molecule has 34 heavy (non-hydrogen) atoms. The number of nitrogens with one attached hydrogen (secondary N) is 3. The molecular weight excluding hydrogens is 436 g/mol. The van der Waals surface area contributed by atoms with Crippen LogP contribution in [-0.2, 0) is 4.74 Å². The van der Waals surface area contributed by atoms with Crippen LogP contribution in [0.4, 0.5) is 20.3 Å². The highest BCUT2D eigenvalue weighted by atomic mass is 19.1. The van der Waals surface area contributed by atoms with Crippen molar-refractivity contribution in [3.05, 3.63) is 42.1 Å². The van der Waals surface area contributed by atoms with Gasteiger partial charge in [0.1, 0.15) is 17.5 Å². The number of pyridine rings is 1. The van der Waals surface area contributed by atoms with Crippen molar-refractivity contribution < 1.29 is 13.5 Å². The van der Waals surface area contributed by atoms with Gasteiger partial charge in [-0.1, -0.05) is 0 Å². The molecular formula is C26H33F2N5O. The molecule has 8 heteroatoms. The van der Waals surface area contributed by atoms with Crippen LogP contribution in [0.5, 0.6) is 0 Å². The summed E-state index contributed by atoms with van der Waals surface area (Å²) >= 11 is 0. The van der Waals surface area contributed by atoms with Crippen LogP contribution in [0.1, 0.15) is 45.4 Å². The lowest BCUT2D eigenvalue weighted by Crippen LogP contribution is -2.42. The maximum Gasteiger partial charge on any atom is 0.149 e. The Morgan fingerprint density at radius 1 is 1.12 bits per heavy atom. The van der Waals surface area contributed by atoms with E-state index in [1.54, 1.807) is 25.3 Å². The van der Waals surface area contributed by atoms with E-state index in [4.69, 9.17) is 4.74 Å². The fourth-order valence-electron chi connectivity index (χ4n) is 4.63. The number of methoxy groups -OCH3 is 1. The normalized spacial score (nSPS) is 22.0. The van der Waals surface area contributed by atoms with Crippen molar-refractivity contribution in [2.24, 2.45) is 5.41 Å². The Balaban J connectivity index is 1.41. The van der Waals surface area contributed by atoms with E-state index >= 15 is 0 Å². The molecule has 1 aromatic heterocycles. The molecule has 2 saturated carbocycles. The molecule has 0 aliphatic heterocycles. The van der Waals surface area contributed by atoms with E-state index in [1.165, 1.54) is 6.07 Å². The summed E-state index contributed by atoms with van der Waals surface area (Å²) in [6, 6.07) is 9.47. The second-order valence-corrected chi connectivity index (χ2v) is 9.71. The van der Waals surface area contributed by atoms with Gasteiger partial charge in [0.2, 0.25) is 0 Å². The van der Waals surface area contributed by atoms with E-state index in [0.717, 1.165) is 44.7 Å². The van der Waals surface area contributed by atoms with Gasteiger partial charge in [0.15, 0.2) is 0 Å². The SMILES string of the molecule is COC[C@H](C)N[C@H]1CC[C@H](Nc2cc(-c3cc(NCC4(C#N)CC4)ccc3F)c(F)cn2)CC1. The number of halogens is 2. The molecule has 1 atom stereocenters. The number of hydrogen-bond acceptors (Lipinski definition) is 6. The molecule has 0 bridgehead atoms. The van der Waals surface area contributed by atoms with E-state index in [1.807, 2.05) is 0 Å². The highest BCUT2D eigenvalue weighted by Crippen LogP contribution is 2.45. The molecule has 0 saturated heterocycles. The summed E-state index contributed by atoms with van der Waals surface area (Å²) in [5.41, 5.74) is 0.681. The van der Waals surface area contributed by atoms with Crippen molar-refractivity contribution in [3.63, 3.8) is 0 Å². The van der Waals surface area contributed by atoms with Gasteiger partial charge < -0.3 is 20.7 Å². The predicted octanol–water partition coefficient (Wildman–Crippen LogP) is 5.09. The summed E-state index contributed by atoms with van der Waals surface area (Å²) in [6.45, 7) is 3.31. The van der Waals surface area contributed by atoms with Gasteiger partial charge in [-0.3, -0.25) is 0 Å². The van der Waals surface area contributed by atoms with Crippen molar-refractivity contribution >= 4 is 11.5 Å². The molecule has 2 aliphatic carbocycles. The van der Waals surface area contributed by atoms with Crippen molar-refractivity contribution in [1.82, 2.24) is 10.3 Å². The highest BCUT2D eigenvalue weighted by molar-refractivity contribution is 5.71. The van der Waals surface area contributed by atoms with Crippen LogP contribution in [0, 0.1) is 28.4 Å². The average molecular weight is 470 g/mol. The average Bonchev–Trinajstić information content (AvgIpc) is 3.62. The van der Waals surface area contributed by atoms with Crippen molar-refractivity contribution in [3.8, 4) is 17.2 Å². The van der Waals surface area contributed by atoms with Gasteiger partial charge in [0.05, 0.1) is 24.3 Å². The third-order valence-corrected chi connectivity index (χ3v) is 6.85. The Morgan fingerprint density at radius 3 is 2.50 bits per heavy atom. The molecule has 0 spiro atoms. The second-order valence-electron chi connectivity index (χ2n) is 9.71. The van der Waals surface area contributed by atoms with E-state index in [2.05, 4.69) is 33.9 Å². The predicted molar refractivity (Wildman–Crippen MR) is 129 cm³/mol. The maximum atomic E-state index is 14.7. The summed E-state index contributed by atoms with van der Waals surface area (Å²) in [4.78, 5) is 4.20. The first-order valence-electron chi connectivity index (χ1n) is 12.0. The molecule has 182 valence electrons. The first-order chi connectivity index (χ1) is 16.4. The lowest BCUT2D eigenvalue weighted by atomic mass is 9.90. The van der Waals surface area contributed by atoms with Crippen molar-refractivity contribution in [2.45, 2.75) is 63.6 Å². The Labute approximate surface area is 200 Å². The molecule has 0 unspecified atom stereocenters. The molecule has 2 fully saturated rings. The number of rotatable bonds is 10. The molecule has 6 nitrogen and oxygen atoms in total. The van der Waals surface area contributed by atoms with Crippen LogP contribution >= 0.6 is 0 Å². The van der Waals surface area contributed by atoms with Gasteiger partial charge >= 0.3 is 0 Å². The molecule has 1 aromatic carbocycles. The summed E-state index contributed by atoms with van der Waals surface area (Å²) in [5, 5.41) is 19.5. The van der Waals surface area contributed by atoms with Gasteiger partial charge in [0, 0.05) is 48.6 Å². The van der Waals surface area contributed by atoms with Crippen LogP contribution in [-0.4, -0.2) is 43.4 Å². The van der Waals surface area contributed by atoms with Crippen molar-refractivity contribution in [1.29, 1.82) is 5.26 Å². The number of aromatic nitrogens is 1. The summed E-state index contributed by atoms with van der Waals surface area (Å²) in [5.74, 6) is -0.531. The molecule has 2 aliphatic rings. The Morgan fingerprint density at radius 2 is 1.82 bits per heavy atom. The van der Waals surface area contributed by atoms with Gasteiger partial charge in [-0.25, -0.2) is 13.8 Å². The minimum atomic E-state index is -0.572. The zero-order chi connectivity index (χ0) is 24.1. The van der Waals surface area contributed by atoms with E-state index < -0.39 is 11.6 Å². The Hall–Kier alpha value is -2.76. The maximum absolute atomic E-state index is 14.7. The topological polar surface area (TPSA) is 82.0 Å². The molecule has 1 heterocycles. The largest absolute Gasteiger partial charge is 0.383 e. The van der Waals surface area contributed by atoms with Crippen LogP contribution in [0.3, 0.4) is 0 Å². The molecule has 4 rings (SSSR count). The molecule has 3 N–H and O–H groups in total. The number of hydrogen-bond donors (Lipinski definition) is 3. The minimum Gasteiger partial charge on any atom is -0.383 e. The van der Waals surface area contributed by atoms with Gasteiger partial charge in [-0.2, -0.15) is 5.26 Å². The van der Waals surface area contributed by atoms with Crippen molar-refractivity contribution in [2.75, 3.05) is 30.9 Å². The van der Waals surface area contributed by atoms with Gasteiger partial charge in [-0.15, -0.1) is 0 Å². The quantitative estimate of drug-likeness (QED) is 0.450. The lowest BCUT2D eigenvalue weighted by molar-refractivity contribution is 0.161. The zero-order valence-corrected chi connectivity index (χ0v) is 19.8. The smallest absolute Gasteiger partial charge is 0.149 e. The lowest BCUT2D eigenvalue weighted by Gasteiger charge is -2.31. The summed E-state index contributed by atoms with van der Waals surface area (Å²) in [6.07, 6.45) is 6.88. The van der Waals surface area contributed by atoms with Gasteiger partial charge in [-0.05, 0) is 69.7 Å². The third kappa shape index (κ3) is 6.02. The minimum absolute atomic E-state index is 0.170. The first-order valence-corrected chi connectivity index (χ1v) is 12.0. The van der Waals surface area contributed by atoms with E-state index in [9.17, 15) is 14.0 Å². The van der Waals surface area contributed by atoms with Gasteiger partial charge in [0.25, 0.3) is 0 Å². The van der Waals surface area contributed by atoms with Crippen LogP contribution in [0.25, 0.3) is 11.1 Å². The number of ether oxygens (including phenoxy) is 1. The monoisotopic (exact) mass is 469 g/mol. The molecule has 0 radical (unpaired) electrons. The van der Waals surface area contributed by atoms with E-state index in [-0.39, 0.29) is 22.6 Å². The molecule has 2 aromatic rings. The van der Waals surface area contributed by atoms with Crippen LogP contribution < -0.4 is 16.0 Å². The number of anilines is 2. The summed E-state index contributed by atoms with van der Waals surface area (Å²) < 4.78 is 34.6. The summed E-state index contributed by atoms with van der Waals surface area (Å²) in [7, 11) is 1.71. The third-order valence-electron chi connectivity index (χ3n) is 6.85. The van der Waals surface area contributed by atoms with Crippen LogP contribution in [0.15, 0.2) is 30.5 Å². The zero-order valence-electron chi connectivity index (χ0n) is 19.8. The number of nitrogens with zero attached hydrogens (tertiary/aromatic N) is 2. The highest BCUT2D eigenvalue weighted by Gasteiger charge is 2.42. The van der Waals surface area contributed by atoms with E-state index in [0.29, 0.717) is 36.7 Å².